The van der Waals surface area contributed by atoms with Crippen LogP contribution in [-0.2, 0) is 0 Å². The second-order valence-corrected chi connectivity index (χ2v) is 4.81. The van der Waals surface area contributed by atoms with Gasteiger partial charge in [0.05, 0.1) is 5.02 Å². The second-order valence-electron chi connectivity index (χ2n) is 3.93. The van der Waals surface area contributed by atoms with E-state index >= 15 is 0 Å². The van der Waals surface area contributed by atoms with Gasteiger partial charge in [-0.1, -0.05) is 36.0 Å². The maximum atomic E-state index is 13.8. The van der Waals surface area contributed by atoms with Crippen LogP contribution in [0, 0.1) is 5.82 Å². The van der Waals surface area contributed by atoms with Crippen molar-refractivity contribution in [1.29, 1.82) is 0 Å². The third-order valence-electron chi connectivity index (χ3n) is 2.62. The molecular weight excluding hydrogens is 285 g/mol. The van der Waals surface area contributed by atoms with Crippen LogP contribution in [-0.4, -0.2) is 17.0 Å². The van der Waals surface area contributed by atoms with Gasteiger partial charge in [-0.15, -0.1) is 0 Å². The van der Waals surface area contributed by atoms with E-state index in [-0.39, 0.29) is 10.8 Å². The molecule has 1 heterocycles. The Hall–Kier alpha value is -1.72. The zero-order valence-electron chi connectivity index (χ0n) is 10.1. The zero-order chi connectivity index (χ0) is 14.0. The van der Waals surface area contributed by atoms with E-state index in [1.807, 2.05) is 6.07 Å². The predicted octanol–water partition coefficient (Wildman–Crippen LogP) is 3.28. The van der Waals surface area contributed by atoms with Gasteiger partial charge in [-0.05, 0) is 18.2 Å². The molecule has 2 aromatic rings. The van der Waals surface area contributed by atoms with Gasteiger partial charge >= 0.3 is 0 Å². The molecule has 19 heavy (non-hydrogen) atoms. The summed E-state index contributed by atoms with van der Waals surface area (Å²) in [5, 5.41) is 0.256. The van der Waals surface area contributed by atoms with Crippen molar-refractivity contribution in [2.24, 2.45) is 5.73 Å². The molecule has 0 aliphatic rings. The van der Waals surface area contributed by atoms with Crippen LogP contribution < -0.4 is 10.6 Å². The summed E-state index contributed by atoms with van der Waals surface area (Å²) in [4.78, 5) is 5.88. The molecule has 3 nitrogen and oxygen atoms in total. The van der Waals surface area contributed by atoms with Gasteiger partial charge in [0.25, 0.3) is 0 Å². The molecular formula is C13H11ClFN3S. The van der Waals surface area contributed by atoms with E-state index in [1.165, 1.54) is 12.3 Å². The molecule has 2 N–H and O–H groups in total. The number of benzene rings is 1. The van der Waals surface area contributed by atoms with Crippen LogP contribution in [0.2, 0.25) is 5.02 Å². The topological polar surface area (TPSA) is 42.1 Å². The minimum Gasteiger partial charge on any atom is -0.389 e. The van der Waals surface area contributed by atoms with Crippen LogP contribution in [0.25, 0.3) is 0 Å². The Bertz CT molecular complexity index is 633. The highest BCUT2D eigenvalue weighted by Crippen LogP contribution is 2.26. The minimum atomic E-state index is -0.490. The van der Waals surface area contributed by atoms with Gasteiger partial charge in [-0.2, -0.15) is 0 Å². The summed E-state index contributed by atoms with van der Waals surface area (Å²) in [6, 6.07) is 8.41. The first-order valence-electron chi connectivity index (χ1n) is 5.43. The van der Waals surface area contributed by atoms with Gasteiger partial charge in [0, 0.05) is 24.5 Å². The third-order valence-corrected chi connectivity index (χ3v) is 3.07. The standard InChI is InChI=1S/C13H11ClFN3S/c1-18(13-11(15)6-9(14)7-17-13)10-4-2-3-8(5-10)12(16)19/h2-7H,1H3,(H2,16,19). The van der Waals surface area contributed by atoms with E-state index in [1.54, 1.807) is 30.1 Å². The van der Waals surface area contributed by atoms with Crippen molar-refractivity contribution in [3.8, 4) is 0 Å². The van der Waals surface area contributed by atoms with Crippen LogP contribution >= 0.6 is 23.8 Å². The normalized spacial score (nSPS) is 10.3. The number of nitrogens with zero attached hydrogens (tertiary/aromatic N) is 2. The van der Waals surface area contributed by atoms with E-state index in [0.717, 1.165) is 5.69 Å². The first-order valence-corrected chi connectivity index (χ1v) is 6.22. The summed E-state index contributed by atoms with van der Waals surface area (Å²) < 4.78 is 13.8. The van der Waals surface area contributed by atoms with Crippen molar-refractivity contribution in [2.75, 3.05) is 11.9 Å². The molecule has 98 valence electrons. The Kier molecular flexibility index (Phi) is 3.97. The number of nitrogens with two attached hydrogens (primary N) is 1. The Morgan fingerprint density at radius 1 is 1.42 bits per heavy atom. The Labute approximate surface area is 120 Å². The summed E-state index contributed by atoms with van der Waals surface area (Å²) in [6.45, 7) is 0. The van der Waals surface area contributed by atoms with Gasteiger partial charge in [0.2, 0.25) is 0 Å². The molecule has 0 bridgehead atoms. The van der Waals surface area contributed by atoms with Gasteiger partial charge < -0.3 is 10.6 Å². The first-order chi connectivity index (χ1) is 8.99. The Balaban J connectivity index is 2.41. The molecule has 0 aliphatic carbocycles. The fourth-order valence-corrected chi connectivity index (χ4v) is 1.92. The van der Waals surface area contributed by atoms with Crippen LogP contribution in [0.4, 0.5) is 15.9 Å². The summed E-state index contributed by atoms with van der Waals surface area (Å²) in [5.41, 5.74) is 7.03. The van der Waals surface area contributed by atoms with E-state index in [2.05, 4.69) is 4.98 Å². The summed E-state index contributed by atoms with van der Waals surface area (Å²) in [7, 11) is 1.71. The lowest BCUT2D eigenvalue weighted by Gasteiger charge is -2.19. The molecule has 0 saturated heterocycles. The molecule has 0 aliphatic heterocycles. The van der Waals surface area contributed by atoms with Crippen molar-refractivity contribution in [3.05, 3.63) is 52.9 Å². The average molecular weight is 296 g/mol. The minimum absolute atomic E-state index is 0.185. The number of aromatic nitrogens is 1. The highest BCUT2D eigenvalue weighted by atomic mass is 35.5. The molecule has 0 saturated carbocycles. The van der Waals surface area contributed by atoms with Crippen molar-refractivity contribution in [1.82, 2.24) is 4.98 Å². The van der Waals surface area contributed by atoms with E-state index in [9.17, 15) is 4.39 Å². The highest BCUT2D eigenvalue weighted by molar-refractivity contribution is 7.80. The van der Waals surface area contributed by atoms with Crippen LogP contribution in [0.1, 0.15) is 5.56 Å². The van der Waals surface area contributed by atoms with Gasteiger partial charge in [0.1, 0.15) is 4.99 Å². The van der Waals surface area contributed by atoms with Crippen LogP contribution in [0.15, 0.2) is 36.5 Å². The number of pyridine rings is 1. The number of hydrogen-bond donors (Lipinski definition) is 1. The molecule has 1 aromatic carbocycles. The fraction of sp³-hybridized carbons (Fsp3) is 0.0769. The molecule has 2 rings (SSSR count). The lowest BCUT2D eigenvalue weighted by atomic mass is 10.2. The largest absolute Gasteiger partial charge is 0.389 e. The van der Waals surface area contributed by atoms with Crippen LogP contribution in [0.3, 0.4) is 0 Å². The maximum absolute atomic E-state index is 13.8. The van der Waals surface area contributed by atoms with Crippen molar-refractivity contribution in [3.63, 3.8) is 0 Å². The molecule has 1 aromatic heterocycles. The van der Waals surface area contributed by atoms with E-state index in [0.29, 0.717) is 10.6 Å². The molecule has 0 fully saturated rings. The quantitative estimate of drug-likeness (QED) is 0.883. The van der Waals surface area contributed by atoms with E-state index < -0.39 is 5.82 Å². The molecule has 0 atom stereocenters. The van der Waals surface area contributed by atoms with Gasteiger partial charge in [0.15, 0.2) is 11.6 Å². The summed E-state index contributed by atoms with van der Waals surface area (Å²) in [5.74, 6) is -0.305. The predicted molar refractivity (Wildman–Crippen MR) is 79.6 cm³/mol. The Morgan fingerprint density at radius 2 is 2.16 bits per heavy atom. The number of halogens is 2. The van der Waals surface area contributed by atoms with E-state index in [4.69, 9.17) is 29.6 Å². The lowest BCUT2D eigenvalue weighted by molar-refractivity contribution is 0.621. The summed E-state index contributed by atoms with van der Waals surface area (Å²) >= 11 is 10.6. The molecule has 0 unspecified atom stereocenters. The van der Waals surface area contributed by atoms with Crippen LogP contribution in [0.5, 0.6) is 0 Å². The zero-order valence-corrected chi connectivity index (χ0v) is 11.7. The third kappa shape index (κ3) is 3.00. The highest BCUT2D eigenvalue weighted by Gasteiger charge is 2.12. The monoisotopic (exact) mass is 295 g/mol. The first kappa shape index (κ1) is 13.7. The number of hydrogen-bond acceptors (Lipinski definition) is 3. The lowest BCUT2D eigenvalue weighted by Crippen LogP contribution is -2.15. The Morgan fingerprint density at radius 3 is 2.79 bits per heavy atom. The number of anilines is 2. The van der Waals surface area contributed by atoms with Crippen molar-refractivity contribution < 1.29 is 4.39 Å². The van der Waals surface area contributed by atoms with Gasteiger partial charge in [-0.3, -0.25) is 0 Å². The molecule has 0 radical (unpaired) electrons. The molecule has 6 heteroatoms. The number of thiocarbonyl (C=S) groups is 1. The maximum Gasteiger partial charge on any atom is 0.169 e. The fourth-order valence-electron chi connectivity index (χ4n) is 1.64. The van der Waals surface area contributed by atoms with Crippen molar-refractivity contribution in [2.45, 2.75) is 0 Å². The molecule has 0 amide bonds. The summed E-state index contributed by atoms with van der Waals surface area (Å²) in [6.07, 6.45) is 1.40. The van der Waals surface area contributed by atoms with Crippen molar-refractivity contribution >= 4 is 40.3 Å². The van der Waals surface area contributed by atoms with Gasteiger partial charge in [-0.25, -0.2) is 9.37 Å². The average Bonchev–Trinajstić information content (AvgIpc) is 2.38. The second kappa shape index (κ2) is 5.50. The molecule has 0 spiro atoms. The number of rotatable bonds is 3. The SMILES string of the molecule is CN(c1cccc(C(N)=S)c1)c1ncc(Cl)cc1F. The smallest absolute Gasteiger partial charge is 0.169 e.